The maximum absolute atomic E-state index is 12.8. The van der Waals surface area contributed by atoms with E-state index in [0.29, 0.717) is 5.69 Å². The summed E-state index contributed by atoms with van der Waals surface area (Å²) in [6, 6.07) is 13.5. The van der Waals surface area contributed by atoms with E-state index in [-0.39, 0.29) is 18.5 Å². The number of nitrogens with zero attached hydrogens (tertiary/aromatic N) is 2. The Hall–Kier alpha value is -2.54. The monoisotopic (exact) mass is 457 g/mol. The highest BCUT2D eigenvalue weighted by atomic mass is 32.2. The van der Waals surface area contributed by atoms with Crippen molar-refractivity contribution in [1.29, 1.82) is 0 Å². The van der Waals surface area contributed by atoms with E-state index < -0.39 is 10.0 Å². The van der Waals surface area contributed by atoms with Gasteiger partial charge < -0.3 is 10.2 Å². The minimum Gasteiger partial charge on any atom is -0.372 e. The standard InChI is InChI=1S/C25H35N3O3S/c1-18-13-15-27(16-14-18)23-11-9-22(10-12-23)21(4)26-25(29)17-28(32(5,30)31)24-8-6-7-19(2)20(24)3/h6-12,18,21H,13-17H2,1-5H3,(H,26,29). The summed E-state index contributed by atoms with van der Waals surface area (Å²) in [5.41, 5.74) is 4.56. The van der Waals surface area contributed by atoms with Crippen molar-refractivity contribution in [3.8, 4) is 0 Å². The largest absolute Gasteiger partial charge is 0.372 e. The summed E-state index contributed by atoms with van der Waals surface area (Å²) in [6.07, 6.45) is 3.56. The molecule has 3 rings (SSSR count). The number of anilines is 2. The highest BCUT2D eigenvalue weighted by molar-refractivity contribution is 7.92. The first-order valence-corrected chi connectivity index (χ1v) is 13.1. The van der Waals surface area contributed by atoms with Gasteiger partial charge in [0.05, 0.1) is 18.0 Å². The van der Waals surface area contributed by atoms with E-state index in [1.54, 1.807) is 12.1 Å². The summed E-state index contributed by atoms with van der Waals surface area (Å²) in [6.45, 7) is 9.91. The molecule has 2 aromatic carbocycles. The van der Waals surface area contributed by atoms with Gasteiger partial charge in [0.15, 0.2) is 0 Å². The van der Waals surface area contributed by atoms with E-state index in [4.69, 9.17) is 0 Å². The second kappa shape index (κ2) is 9.94. The smallest absolute Gasteiger partial charge is 0.241 e. The summed E-state index contributed by atoms with van der Waals surface area (Å²) in [7, 11) is -3.61. The Morgan fingerprint density at radius 1 is 1.12 bits per heavy atom. The minimum absolute atomic E-state index is 0.224. The van der Waals surface area contributed by atoms with Gasteiger partial charge in [0.25, 0.3) is 0 Å². The number of hydrogen-bond acceptors (Lipinski definition) is 4. The summed E-state index contributed by atoms with van der Waals surface area (Å²) in [5.74, 6) is 0.453. The van der Waals surface area contributed by atoms with Crippen LogP contribution >= 0.6 is 0 Å². The summed E-state index contributed by atoms with van der Waals surface area (Å²) in [5, 5.41) is 2.95. The first-order valence-electron chi connectivity index (χ1n) is 11.2. The van der Waals surface area contributed by atoms with Crippen molar-refractivity contribution in [2.75, 3.05) is 35.1 Å². The van der Waals surface area contributed by atoms with E-state index in [0.717, 1.165) is 42.0 Å². The molecule has 0 aliphatic carbocycles. The molecule has 0 aromatic heterocycles. The maximum atomic E-state index is 12.8. The van der Waals surface area contributed by atoms with Crippen molar-refractivity contribution in [3.63, 3.8) is 0 Å². The highest BCUT2D eigenvalue weighted by Crippen LogP contribution is 2.26. The van der Waals surface area contributed by atoms with E-state index >= 15 is 0 Å². The number of rotatable bonds is 7. The van der Waals surface area contributed by atoms with Gasteiger partial charge in [-0.1, -0.05) is 31.2 Å². The topological polar surface area (TPSA) is 69.7 Å². The Morgan fingerprint density at radius 2 is 1.75 bits per heavy atom. The van der Waals surface area contributed by atoms with Gasteiger partial charge in [0.1, 0.15) is 6.54 Å². The molecule has 0 saturated carbocycles. The molecule has 1 atom stereocenters. The van der Waals surface area contributed by atoms with Crippen LogP contribution in [-0.4, -0.2) is 40.2 Å². The van der Waals surface area contributed by atoms with Crippen molar-refractivity contribution in [2.45, 2.75) is 46.6 Å². The van der Waals surface area contributed by atoms with Crippen LogP contribution in [0.3, 0.4) is 0 Å². The molecule has 32 heavy (non-hydrogen) atoms. The van der Waals surface area contributed by atoms with Gasteiger partial charge in [0, 0.05) is 18.8 Å². The van der Waals surface area contributed by atoms with E-state index in [1.165, 1.54) is 22.8 Å². The molecular formula is C25H35N3O3S. The predicted molar refractivity (Wildman–Crippen MR) is 132 cm³/mol. The van der Waals surface area contributed by atoms with Crippen LogP contribution in [0.25, 0.3) is 0 Å². The molecule has 174 valence electrons. The van der Waals surface area contributed by atoms with E-state index in [9.17, 15) is 13.2 Å². The molecule has 1 unspecified atom stereocenters. The van der Waals surface area contributed by atoms with Crippen molar-refractivity contribution >= 4 is 27.3 Å². The first-order chi connectivity index (χ1) is 15.1. The molecule has 1 aliphatic heterocycles. The molecule has 0 spiro atoms. The number of carbonyl (C=O) groups excluding carboxylic acids is 1. The van der Waals surface area contributed by atoms with Crippen molar-refractivity contribution in [3.05, 3.63) is 59.2 Å². The molecule has 0 radical (unpaired) electrons. The Bertz CT molecular complexity index is 1040. The van der Waals surface area contributed by atoms with Gasteiger partial charge in [-0.25, -0.2) is 8.42 Å². The number of piperidine rings is 1. The molecule has 1 saturated heterocycles. The number of carbonyl (C=O) groups is 1. The summed E-state index contributed by atoms with van der Waals surface area (Å²) < 4.78 is 26.1. The van der Waals surface area contributed by atoms with E-state index in [2.05, 4.69) is 29.3 Å². The number of amides is 1. The molecule has 1 heterocycles. The fraction of sp³-hybridized carbons (Fsp3) is 0.480. The quantitative estimate of drug-likeness (QED) is 0.677. The van der Waals surface area contributed by atoms with Crippen LogP contribution in [0.1, 0.15) is 49.4 Å². The minimum atomic E-state index is -3.61. The molecule has 6 nitrogen and oxygen atoms in total. The third-order valence-electron chi connectivity index (χ3n) is 6.45. The Labute approximate surface area is 192 Å². The second-order valence-corrected chi connectivity index (χ2v) is 10.9. The lowest BCUT2D eigenvalue weighted by molar-refractivity contribution is -0.120. The van der Waals surface area contributed by atoms with Crippen LogP contribution in [0, 0.1) is 19.8 Å². The Kier molecular flexibility index (Phi) is 7.49. The second-order valence-electron chi connectivity index (χ2n) is 9.04. The molecule has 1 N–H and O–H groups in total. The molecule has 2 aromatic rings. The van der Waals surface area contributed by atoms with Crippen molar-refractivity contribution in [2.24, 2.45) is 5.92 Å². The molecule has 1 fully saturated rings. The van der Waals surface area contributed by atoms with Gasteiger partial charge >= 0.3 is 0 Å². The maximum Gasteiger partial charge on any atom is 0.241 e. The van der Waals surface area contributed by atoms with Gasteiger partial charge in [-0.2, -0.15) is 0 Å². The van der Waals surface area contributed by atoms with Crippen molar-refractivity contribution in [1.82, 2.24) is 5.32 Å². The fourth-order valence-electron chi connectivity index (χ4n) is 4.13. The van der Waals surface area contributed by atoms with Crippen LogP contribution in [0.15, 0.2) is 42.5 Å². The number of aryl methyl sites for hydroxylation is 1. The Morgan fingerprint density at radius 3 is 2.34 bits per heavy atom. The van der Waals surface area contributed by atoms with Crippen LogP contribution < -0.4 is 14.5 Å². The van der Waals surface area contributed by atoms with Gasteiger partial charge in [-0.05, 0) is 74.4 Å². The average molecular weight is 458 g/mol. The van der Waals surface area contributed by atoms with Gasteiger partial charge in [-0.15, -0.1) is 0 Å². The predicted octanol–water partition coefficient (Wildman–Crippen LogP) is 4.18. The Balaban J connectivity index is 1.67. The molecular weight excluding hydrogens is 422 g/mol. The van der Waals surface area contributed by atoms with Crippen LogP contribution in [0.4, 0.5) is 11.4 Å². The summed E-state index contributed by atoms with van der Waals surface area (Å²) >= 11 is 0. The fourth-order valence-corrected chi connectivity index (χ4v) is 5.04. The normalized spacial score (nSPS) is 16.0. The number of benzene rings is 2. The molecule has 1 amide bonds. The lowest BCUT2D eigenvalue weighted by Crippen LogP contribution is -2.41. The zero-order valence-electron chi connectivity index (χ0n) is 19.8. The molecule has 0 bridgehead atoms. The van der Waals surface area contributed by atoms with Crippen molar-refractivity contribution < 1.29 is 13.2 Å². The van der Waals surface area contributed by atoms with Gasteiger partial charge in [0.2, 0.25) is 15.9 Å². The van der Waals surface area contributed by atoms with E-state index in [1.807, 2.05) is 39.0 Å². The lowest BCUT2D eigenvalue weighted by atomic mass is 9.98. The lowest BCUT2D eigenvalue weighted by Gasteiger charge is -2.32. The number of nitrogens with one attached hydrogen (secondary N) is 1. The zero-order chi connectivity index (χ0) is 23.5. The van der Waals surface area contributed by atoms with Crippen LogP contribution in [0.5, 0.6) is 0 Å². The number of sulfonamides is 1. The van der Waals surface area contributed by atoms with Crippen LogP contribution in [-0.2, 0) is 14.8 Å². The first kappa shape index (κ1) is 24.1. The van der Waals surface area contributed by atoms with Crippen LogP contribution in [0.2, 0.25) is 0 Å². The zero-order valence-corrected chi connectivity index (χ0v) is 20.6. The third kappa shape index (κ3) is 5.82. The highest BCUT2D eigenvalue weighted by Gasteiger charge is 2.24. The third-order valence-corrected chi connectivity index (χ3v) is 7.58. The average Bonchev–Trinajstić information content (AvgIpc) is 2.74. The molecule has 7 heteroatoms. The number of hydrogen-bond donors (Lipinski definition) is 1. The molecule has 1 aliphatic rings. The van der Waals surface area contributed by atoms with Gasteiger partial charge in [-0.3, -0.25) is 9.10 Å². The SMILES string of the molecule is Cc1cccc(N(CC(=O)NC(C)c2ccc(N3CCC(C)CC3)cc2)S(C)(=O)=O)c1C. The summed E-state index contributed by atoms with van der Waals surface area (Å²) in [4.78, 5) is 15.2.